The first-order chi connectivity index (χ1) is 17.7. The third-order valence-electron chi connectivity index (χ3n) is 6.81. The Morgan fingerprint density at radius 2 is 1.06 bits per heavy atom. The first-order valence-electron chi connectivity index (χ1n) is 12.0. The monoisotopic (exact) mass is 524 g/mol. The zero-order valence-corrected chi connectivity index (χ0v) is 21.0. The summed E-state index contributed by atoms with van der Waals surface area (Å²) in [7, 11) is 0. The summed E-state index contributed by atoms with van der Waals surface area (Å²) < 4.78 is 3.35. The highest BCUT2D eigenvalue weighted by Crippen LogP contribution is 2.33. The molecular formula is C33H21BrN2. The summed E-state index contributed by atoms with van der Waals surface area (Å²) in [6.07, 6.45) is 0. The number of para-hydroxylation sites is 3. The fourth-order valence-corrected chi connectivity index (χ4v) is 5.40. The van der Waals surface area contributed by atoms with E-state index in [4.69, 9.17) is 4.98 Å². The van der Waals surface area contributed by atoms with Crippen LogP contribution >= 0.6 is 15.9 Å². The first-order valence-corrected chi connectivity index (χ1v) is 12.8. The van der Waals surface area contributed by atoms with Crippen LogP contribution in [-0.4, -0.2) is 9.55 Å². The number of nitrogens with zero attached hydrogens (tertiary/aromatic N) is 2. The lowest BCUT2D eigenvalue weighted by Crippen LogP contribution is -1.97. The molecule has 2 nitrogen and oxygen atoms in total. The molecule has 7 rings (SSSR count). The van der Waals surface area contributed by atoms with Gasteiger partial charge in [-0.05, 0) is 87.3 Å². The van der Waals surface area contributed by atoms with Gasteiger partial charge in [-0.15, -0.1) is 0 Å². The predicted octanol–water partition coefficient (Wildman–Crippen LogP) is 9.43. The molecule has 0 atom stereocenters. The van der Waals surface area contributed by atoms with Crippen LogP contribution in [0.25, 0.3) is 60.8 Å². The molecule has 6 aromatic carbocycles. The fraction of sp³-hybridized carbons (Fsp3) is 0. The normalized spacial score (nSPS) is 11.5. The first kappa shape index (κ1) is 21.1. The molecule has 0 aliphatic carbocycles. The zero-order chi connectivity index (χ0) is 24.1. The molecule has 0 unspecified atom stereocenters. The molecule has 3 heteroatoms. The van der Waals surface area contributed by atoms with Crippen LogP contribution in [0.5, 0.6) is 0 Å². The minimum absolute atomic E-state index is 0.953. The highest BCUT2D eigenvalue weighted by molar-refractivity contribution is 9.10. The summed E-state index contributed by atoms with van der Waals surface area (Å²) in [6.45, 7) is 0. The van der Waals surface area contributed by atoms with Gasteiger partial charge in [-0.1, -0.05) is 88.7 Å². The number of rotatable bonds is 3. The fourth-order valence-electron chi connectivity index (χ4n) is 5.02. The van der Waals surface area contributed by atoms with Crippen molar-refractivity contribution in [3.63, 3.8) is 0 Å². The molecule has 1 aromatic heterocycles. The molecule has 7 aromatic rings. The summed E-state index contributed by atoms with van der Waals surface area (Å²) >= 11 is 3.57. The maximum atomic E-state index is 5.03. The molecule has 1 heterocycles. The minimum Gasteiger partial charge on any atom is -0.292 e. The molecule has 170 valence electrons. The van der Waals surface area contributed by atoms with Gasteiger partial charge in [0, 0.05) is 15.7 Å². The average Bonchev–Trinajstić information content (AvgIpc) is 3.32. The molecule has 0 saturated heterocycles. The quantitative estimate of drug-likeness (QED) is 0.225. The average molecular weight is 525 g/mol. The Hall–Kier alpha value is -4.21. The van der Waals surface area contributed by atoms with Gasteiger partial charge >= 0.3 is 0 Å². The van der Waals surface area contributed by atoms with Crippen LogP contribution in [0, 0.1) is 0 Å². The van der Waals surface area contributed by atoms with Gasteiger partial charge in [0.15, 0.2) is 0 Å². The van der Waals surface area contributed by atoms with E-state index in [9.17, 15) is 0 Å². The third kappa shape index (κ3) is 3.60. The Balaban J connectivity index is 1.34. The summed E-state index contributed by atoms with van der Waals surface area (Å²) in [4.78, 5) is 5.03. The molecule has 0 aliphatic rings. The maximum Gasteiger partial charge on any atom is 0.145 e. The van der Waals surface area contributed by atoms with Crippen LogP contribution in [0.2, 0.25) is 0 Å². The van der Waals surface area contributed by atoms with E-state index in [1.165, 1.54) is 32.7 Å². The molecule has 0 radical (unpaired) electrons. The van der Waals surface area contributed by atoms with E-state index >= 15 is 0 Å². The van der Waals surface area contributed by atoms with Gasteiger partial charge < -0.3 is 0 Å². The topological polar surface area (TPSA) is 17.8 Å². The summed E-state index contributed by atoms with van der Waals surface area (Å²) in [5.74, 6) is 0.953. The molecule has 0 amide bonds. The Bertz CT molecular complexity index is 1900. The van der Waals surface area contributed by atoms with E-state index in [2.05, 4.69) is 136 Å². The lowest BCUT2D eigenvalue weighted by molar-refractivity contribution is 1.10. The molecule has 0 aliphatic heterocycles. The SMILES string of the molecule is Brc1ccc2cc(-c3ccc4cc(-c5nc6ccccc6n5-c5ccccc5)ccc4c3)ccc2c1. The number of fused-ring (bicyclic) bond motifs is 3. The van der Waals surface area contributed by atoms with Gasteiger partial charge in [0.05, 0.1) is 11.0 Å². The Morgan fingerprint density at radius 3 is 1.78 bits per heavy atom. The van der Waals surface area contributed by atoms with Crippen molar-refractivity contribution in [3.05, 3.63) is 132 Å². The minimum atomic E-state index is 0.953. The number of aromatic nitrogens is 2. The van der Waals surface area contributed by atoms with Crippen LogP contribution in [-0.2, 0) is 0 Å². The second kappa shape index (κ2) is 8.47. The number of hydrogen-bond acceptors (Lipinski definition) is 1. The lowest BCUT2D eigenvalue weighted by atomic mass is 9.98. The molecule has 0 fully saturated rings. The van der Waals surface area contributed by atoms with Gasteiger partial charge in [0.1, 0.15) is 5.82 Å². The van der Waals surface area contributed by atoms with E-state index in [-0.39, 0.29) is 0 Å². The highest BCUT2D eigenvalue weighted by Gasteiger charge is 2.14. The van der Waals surface area contributed by atoms with Crippen molar-refractivity contribution in [2.24, 2.45) is 0 Å². The van der Waals surface area contributed by atoms with Crippen LogP contribution in [0.15, 0.2) is 132 Å². The van der Waals surface area contributed by atoms with Crippen molar-refractivity contribution in [3.8, 4) is 28.2 Å². The second-order valence-corrected chi connectivity index (χ2v) is 9.99. The molecule has 0 bridgehead atoms. The number of hydrogen-bond donors (Lipinski definition) is 0. The summed E-state index contributed by atoms with van der Waals surface area (Å²) in [5.41, 5.74) is 6.76. The largest absolute Gasteiger partial charge is 0.292 e. The Kier molecular flexibility index (Phi) is 4.97. The second-order valence-electron chi connectivity index (χ2n) is 9.08. The van der Waals surface area contributed by atoms with Crippen molar-refractivity contribution in [2.75, 3.05) is 0 Å². The zero-order valence-electron chi connectivity index (χ0n) is 19.4. The summed E-state index contributed by atoms with van der Waals surface area (Å²) in [6, 6.07) is 45.2. The van der Waals surface area contributed by atoms with Crippen molar-refractivity contribution in [1.82, 2.24) is 9.55 Å². The van der Waals surface area contributed by atoms with Crippen molar-refractivity contribution in [1.29, 1.82) is 0 Å². The van der Waals surface area contributed by atoms with Crippen LogP contribution in [0.1, 0.15) is 0 Å². The van der Waals surface area contributed by atoms with Gasteiger partial charge in [0.2, 0.25) is 0 Å². The highest BCUT2D eigenvalue weighted by atomic mass is 79.9. The third-order valence-corrected chi connectivity index (χ3v) is 7.30. The number of halogens is 1. The standard InChI is InChI=1S/C33H21BrN2/c34-29-17-16-26-19-23(12-13-27(26)21-29)22-10-11-25-20-28(15-14-24(25)18-22)33-35-31-8-4-5-9-32(31)36(33)30-6-2-1-3-7-30/h1-21H. The molecular weight excluding hydrogens is 504 g/mol. The molecule has 0 saturated carbocycles. The molecule has 0 spiro atoms. The van der Waals surface area contributed by atoms with E-state index in [1.54, 1.807) is 0 Å². The lowest BCUT2D eigenvalue weighted by Gasteiger charge is -2.11. The van der Waals surface area contributed by atoms with Crippen LogP contribution < -0.4 is 0 Å². The summed E-state index contributed by atoms with van der Waals surface area (Å²) in [5, 5.41) is 4.90. The van der Waals surface area contributed by atoms with E-state index in [0.29, 0.717) is 0 Å². The van der Waals surface area contributed by atoms with E-state index < -0.39 is 0 Å². The van der Waals surface area contributed by atoms with Crippen molar-refractivity contribution < 1.29 is 0 Å². The maximum absolute atomic E-state index is 5.03. The number of benzene rings is 6. The predicted molar refractivity (Wildman–Crippen MR) is 155 cm³/mol. The van der Waals surface area contributed by atoms with Crippen molar-refractivity contribution in [2.45, 2.75) is 0 Å². The molecule has 36 heavy (non-hydrogen) atoms. The Morgan fingerprint density at radius 1 is 0.500 bits per heavy atom. The van der Waals surface area contributed by atoms with E-state index in [0.717, 1.165) is 32.6 Å². The van der Waals surface area contributed by atoms with Gasteiger partial charge in [-0.25, -0.2) is 4.98 Å². The van der Waals surface area contributed by atoms with Gasteiger partial charge in [-0.3, -0.25) is 4.57 Å². The van der Waals surface area contributed by atoms with Crippen molar-refractivity contribution >= 4 is 48.5 Å². The van der Waals surface area contributed by atoms with Crippen LogP contribution in [0.4, 0.5) is 0 Å². The van der Waals surface area contributed by atoms with Crippen LogP contribution in [0.3, 0.4) is 0 Å². The number of imidazole rings is 1. The Labute approximate surface area is 217 Å². The van der Waals surface area contributed by atoms with E-state index in [1.807, 2.05) is 12.1 Å². The molecule has 0 N–H and O–H groups in total. The van der Waals surface area contributed by atoms with Gasteiger partial charge in [-0.2, -0.15) is 0 Å². The smallest absolute Gasteiger partial charge is 0.145 e. The van der Waals surface area contributed by atoms with Gasteiger partial charge in [0.25, 0.3) is 0 Å².